The number of pyridine rings is 1. The highest BCUT2D eigenvalue weighted by Gasteiger charge is 2.22. The minimum atomic E-state index is -1.01. The maximum atomic E-state index is 13.1. The topological polar surface area (TPSA) is 85.1 Å². The Balaban J connectivity index is 1.90. The van der Waals surface area contributed by atoms with Crippen molar-refractivity contribution < 1.29 is 14.7 Å². The van der Waals surface area contributed by atoms with Crippen LogP contribution in [0.25, 0.3) is 22.2 Å². The van der Waals surface area contributed by atoms with E-state index in [0.29, 0.717) is 16.8 Å². The number of carbonyl (C=O) groups excluding carboxylic acids is 1. The summed E-state index contributed by atoms with van der Waals surface area (Å²) < 4.78 is 1.24. The minimum Gasteiger partial charge on any atom is -0.478 e. The molecule has 28 heavy (non-hydrogen) atoms. The van der Waals surface area contributed by atoms with Crippen molar-refractivity contribution in [2.24, 2.45) is 0 Å². The van der Waals surface area contributed by atoms with E-state index in [1.165, 1.54) is 29.2 Å². The molecule has 0 atom stereocenters. The molecular formula is C20H11Cl2N3O3. The number of nitrogens with zero attached hydrogens (tertiary/aromatic N) is 3. The van der Waals surface area contributed by atoms with E-state index in [4.69, 9.17) is 28.3 Å². The van der Waals surface area contributed by atoms with Crippen molar-refractivity contribution in [1.82, 2.24) is 14.8 Å². The number of para-hydroxylation sites is 1. The fraction of sp³-hybridized carbons (Fsp3) is 0. The molecule has 0 unspecified atom stereocenters. The average Bonchev–Trinajstić information content (AvgIpc) is 3.07. The molecule has 138 valence electrons. The van der Waals surface area contributed by atoms with E-state index in [9.17, 15) is 9.59 Å². The number of fused-ring (bicyclic) bond motifs is 1. The number of halogens is 2. The third kappa shape index (κ3) is 3.02. The first-order chi connectivity index (χ1) is 13.5. The molecule has 0 amide bonds. The molecular weight excluding hydrogens is 401 g/mol. The zero-order valence-corrected chi connectivity index (χ0v) is 15.6. The van der Waals surface area contributed by atoms with E-state index in [1.54, 1.807) is 24.3 Å². The van der Waals surface area contributed by atoms with Crippen molar-refractivity contribution >= 4 is 46.0 Å². The lowest BCUT2D eigenvalue weighted by atomic mass is 10.1. The number of carboxylic acid groups (broad SMARTS) is 1. The number of hydrogen-bond donors (Lipinski definition) is 1. The van der Waals surface area contributed by atoms with Gasteiger partial charge in [-0.3, -0.25) is 9.78 Å². The predicted molar refractivity (Wildman–Crippen MR) is 106 cm³/mol. The lowest BCUT2D eigenvalue weighted by molar-refractivity contribution is 0.0696. The summed E-state index contributed by atoms with van der Waals surface area (Å²) in [6.07, 6.45) is 2.69. The quantitative estimate of drug-likeness (QED) is 0.523. The molecule has 0 saturated carbocycles. The SMILES string of the molecule is O=C(O)c1ccc(-c2nn(C(=O)c3c(Cl)cncc3Cl)c3ccccc23)cc1. The van der Waals surface area contributed by atoms with Crippen LogP contribution < -0.4 is 0 Å². The summed E-state index contributed by atoms with van der Waals surface area (Å²) in [5.41, 5.74) is 2.08. The molecule has 2 aromatic carbocycles. The summed E-state index contributed by atoms with van der Waals surface area (Å²) in [6.45, 7) is 0. The van der Waals surface area contributed by atoms with E-state index in [0.717, 1.165) is 5.39 Å². The third-order valence-electron chi connectivity index (χ3n) is 4.25. The van der Waals surface area contributed by atoms with Gasteiger partial charge in [-0.15, -0.1) is 0 Å². The molecule has 6 nitrogen and oxygen atoms in total. The Morgan fingerprint density at radius 1 is 0.929 bits per heavy atom. The molecule has 0 fully saturated rings. The lowest BCUT2D eigenvalue weighted by Gasteiger charge is -2.06. The summed E-state index contributed by atoms with van der Waals surface area (Å²) >= 11 is 12.3. The zero-order valence-electron chi connectivity index (χ0n) is 14.1. The summed E-state index contributed by atoms with van der Waals surface area (Å²) in [5.74, 6) is -1.50. The van der Waals surface area contributed by atoms with E-state index < -0.39 is 11.9 Å². The van der Waals surface area contributed by atoms with Gasteiger partial charge in [0.1, 0.15) is 5.69 Å². The predicted octanol–water partition coefficient (Wildman–Crippen LogP) is 4.79. The van der Waals surface area contributed by atoms with Crippen LogP contribution in [0.1, 0.15) is 20.7 Å². The minimum absolute atomic E-state index is 0.111. The first-order valence-electron chi connectivity index (χ1n) is 8.12. The fourth-order valence-corrected chi connectivity index (χ4v) is 3.45. The Kier molecular flexibility index (Phi) is 4.58. The molecule has 2 aromatic heterocycles. The van der Waals surface area contributed by atoms with Crippen LogP contribution >= 0.6 is 23.2 Å². The number of aromatic nitrogens is 3. The maximum Gasteiger partial charge on any atom is 0.335 e. The van der Waals surface area contributed by atoms with Crippen molar-refractivity contribution in [3.8, 4) is 11.3 Å². The zero-order chi connectivity index (χ0) is 19.8. The monoisotopic (exact) mass is 411 g/mol. The molecule has 0 saturated heterocycles. The standard InChI is InChI=1S/C20H11Cl2N3O3/c21-14-9-23-10-15(22)17(14)19(26)25-16-4-2-1-3-13(16)18(24-25)11-5-7-12(8-6-11)20(27)28/h1-10H,(H,27,28). The van der Waals surface area contributed by atoms with Gasteiger partial charge in [-0.05, 0) is 18.2 Å². The van der Waals surface area contributed by atoms with Crippen molar-refractivity contribution in [3.05, 3.63) is 82.1 Å². The number of carboxylic acids is 1. The average molecular weight is 412 g/mol. The largest absolute Gasteiger partial charge is 0.478 e. The number of aromatic carboxylic acids is 1. The van der Waals surface area contributed by atoms with Crippen LogP contribution in [-0.4, -0.2) is 31.7 Å². The number of carbonyl (C=O) groups is 2. The Bertz CT molecular complexity index is 1210. The molecule has 4 aromatic rings. The molecule has 1 N–H and O–H groups in total. The number of rotatable bonds is 3. The fourth-order valence-electron chi connectivity index (χ4n) is 2.93. The van der Waals surface area contributed by atoms with Gasteiger partial charge in [0.15, 0.2) is 0 Å². The third-order valence-corrected chi connectivity index (χ3v) is 4.83. The van der Waals surface area contributed by atoms with Gasteiger partial charge in [0, 0.05) is 23.3 Å². The molecule has 0 aliphatic rings. The van der Waals surface area contributed by atoms with Crippen LogP contribution in [-0.2, 0) is 0 Å². The van der Waals surface area contributed by atoms with Gasteiger partial charge >= 0.3 is 5.97 Å². The van der Waals surface area contributed by atoms with Crippen LogP contribution in [0.2, 0.25) is 10.0 Å². The second kappa shape index (κ2) is 7.07. The maximum absolute atomic E-state index is 13.1. The van der Waals surface area contributed by atoms with E-state index >= 15 is 0 Å². The van der Waals surface area contributed by atoms with Gasteiger partial charge in [0.25, 0.3) is 5.91 Å². The van der Waals surface area contributed by atoms with Gasteiger partial charge in [-0.1, -0.05) is 53.5 Å². The highest BCUT2D eigenvalue weighted by molar-refractivity contribution is 6.39. The van der Waals surface area contributed by atoms with Crippen LogP contribution in [0.15, 0.2) is 60.9 Å². The van der Waals surface area contributed by atoms with Crippen LogP contribution in [0.5, 0.6) is 0 Å². The summed E-state index contributed by atoms with van der Waals surface area (Å²) in [6, 6.07) is 13.5. The van der Waals surface area contributed by atoms with Gasteiger partial charge in [0.05, 0.1) is 26.7 Å². The van der Waals surface area contributed by atoms with Gasteiger partial charge < -0.3 is 5.11 Å². The number of benzene rings is 2. The smallest absolute Gasteiger partial charge is 0.335 e. The Morgan fingerprint density at radius 3 is 2.21 bits per heavy atom. The molecule has 0 radical (unpaired) electrons. The van der Waals surface area contributed by atoms with Crippen LogP contribution in [0.4, 0.5) is 0 Å². The molecule has 4 rings (SSSR count). The van der Waals surface area contributed by atoms with Gasteiger partial charge in [0.2, 0.25) is 0 Å². The molecule has 0 aliphatic heterocycles. The van der Waals surface area contributed by atoms with Crippen LogP contribution in [0, 0.1) is 0 Å². The van der Waals surface area contributed by atoms with Crippen molar-refractivity contribution in [3.63, 3.8) is 0 Å². The second-order valence-corrected chi connectivity index (χ2v) is 6.76. The van der Waals surface area contributed by atoms with Crippen molar-refractivity contribution in [1.29, 1.82) is 0 Å². The highest BCUT2D eigenvalue weighted by Crippen LogP contribution is 2.30. The molecule has 0 aliphatic carbocycles. The van der Waals surface area contributed by atoms with Gasteiger partial charge in [-0.25, -0.2) is 4.79 Å². The summed E-state index contributed by atoms with van der Waals surface area (Å²) in [7, 11) is 0. The molecule has 2 heterocycles. The number of hydrogen-bond acceptors (Lipinski definition) is 4. The molecule has 0 bridgehead atoms. The van der Waals surface area contributed by atoms with Crippen LogP contribution in [0.3, 0.4) is 0 Å². The molecule has 0 spiro atoms. The van der Waals surface area contributed by atoms with Crippen molar-refractivity contribution in [2.45, 2.75) is 0 Å². The van der Waals surface area contributed by atoms with Gasteiger partial charge in [-0.2, -0.15) is 9.78 Å². The Hall–Kier alpha value is -3.22. The van der Waals surface area contributed by atoms with Crippen molar-refractivity contribution in [2.75, 3.05) is 0 Å². The first-order valence-corrected chi connectivity index (χ1v) is 8.88. The summed E-state index contributed by atoms with van der Waals surface area (Å²) in [4.78, 5) is 28.1. The van der Waals surface area contributed by atoms with E-state index in [1.807, 2.05) is 12.1 Å². The normalized spacial score (nSPS) is 10.9. The Labute approximate surface area is 169 Å². The first kappa shape index (κ1) is 18.2. The van der Waals surface area contributed by atoms with E-state index in [-0.39, 0.29) is 21.2 Å². The molecule has 8 heteroatoms. The van der Waals surface area contributed by atoms with E-state index in [2.05, 4.69) is 10.1 Å². The summed E-state index contributed by atoms with van der Waals surface area (Å²) in [5, 5.41) is 14.5. The second-order valence-electron chi connectivity index (χ2n) is 5.94. The lowest BCUT2D eigenvalue weighted by Crippen LogP contribution is -2.15. The Morgan fingerprint density at radius 2 is 1.57 bits per heavy atom. The highest BCUT2D eigenvalue weighted by atomic mass is 35.5.